The lowest BCUT2D eigenvalue weighted by Gasteiger charge is -2.04. The highest BCUT2D eigenvalue weighted by atomic mass is 35.5. The molecule has 0 radical (unpaired) electrons. The molecule has 4 aromatic rings. The van der Waals surface area contributed by atoms with Gasteiger partial charge in [0, 0.05) is 10.6 Å². The van der Waals surface area contributed by atoms with Crippen molar-refractivity contribution >= 4 is 21.4 Å². The van der Waals surface area contributed by atoms with Gasteiger partial charge in [0.25, 0.3) is 5.89 Å². The third kappa shape index (κ3) is 4.58. The molecule has 0 atom stereocenters. The number of aryl methyl sites for hydroxylation is 1. The molecule has 0 saturated carbocycles. The highest BCUT2D eigenvalue weighted by Crippen LogP contribution is 2.26. The third-order valence-corrected chi connectivity index (χ3v) is 6.15. The largest absolute Gasteiger partial charge is 0.455 e. The summed E-state index contributed by atoms with van der Waals surface area (Å²) in [5.41, 5.74) is 2.51. The maximum Gasteiger partial charge on any atom is 0.293 e. The second-order valence-electron chi connectivity index (χ2n) is 6.68. The predicted molar refractivity (Wildman–Crippen MR) is 110 cm³/mol. The van der Waals surface area contributed by atoms with E-state index in [1.165, 1.54) is 0 Å². The molecular weight excluding hydrogens is 412 g/mol. The number of hydrogen-bond acceptors (Lipinski definition) is 6. The summed E-state index contributed by atoms with van der Waals surface area (Å²) in [7, 11) is -3.47. The summed E-state index contributed by atoms with van der Waals surface area (Å²) in [5.74, 6) is 0.818. The minimum absolute atomic E-state index is 0.166. The van der Waals surface area contributed by atoms with Gasteiger partial charge in [-0.1, -0.05) is 64.8 Å². The summed E-state index contributed by atoms with van der Waals surface area (Å²) < 4.78 is 35.9. The summed E-state index contributed by atoms with van der Waals surface area (Å²) in [5, 5.41) is 4.38. The van der Waals surface area contributed by atoms with Crippen LogP contribution in [0.25, 0.3) is 23.0 Å². The molecule has 0 fully saturated rings. The molecule has 6 nitrogen and oxygen atoms in total. The molecule has 2 heterocycles. The Kier molecular flexibility index (Phi) is 5.25. The Morgan fingerprint density at radius 2 is 1.72 bits per heavy atom. The Morgan fingerprint density at radius 3 is 2.48 bits per heavy atom. The van der Waals surface area contributed by atoms with Crippen LogP contribution in [0.15, 0.2) is 69.6 Å². The van der Waals surface area contributed by atoms with Gasteiger partial charge in [0.1, 0.15) is 11.5 Å². The standard InChI is InChI=1S/C21H17ClN2O4S/c1-14-6-8-15(9-7-14)20-23-21(28-24-20)19-11-10-17(27-19)13-29(25,26)12-16-4-2-3-5-18(16)22/h2-11H,12-13H2,1H3. The van der Waals surface area contributed by atoms with Crippen LogP contribution in [-0.2, 0) is 21.3 Å². The van der Waals surface area contributed by atoms with Crippen LogP contribution in [-0.4, -0.2) is 18.6 Å². The van der Waals surface area contributed by atoms with Gasteiger partial charge < -0.3 is 8.94 Å². The SMILES string of the molecule is Cc1ccc(-c2noc(-c3ccc(CS(=O)(=O)Cc4ccccc4Cl)o3)n2)cc1. The van der Waals surface area contributed by atoms with E-state index >= 15 is 0 Å². The van der Waals surface area contributed by atoms with Gasteiger partial charge in [0.15, 0.2) is 15.6 Å². The van der Waals surface area contributed by atoms with Crippen molar-refractivity contribution in [3.63, 3.8) is 0 Å². The van der Waals surface area contributed by atoms with Crippen molar-refractivity contribution in [2.45, 2.75) is 18.4 Å². The van der Waals surface area contributed by atoms with Gasteiger partial charge in [0.2, 0.25) is 5.82 Å². The smallest absolute Gasteiger partial charge is 0.293 e. The molecule has 8 heteroatoms. The molecule has 0 unspecified atom stereocenters. The van der Waals surface area contributed by atoms with Crippen molar-refractivity contribution in [2.24, 2.45) is 0 Å². The number of sulfone groups is 1. The lowest BCUT2D eigenvalue weighted by Crippen LogP contribution is -2.07. The second-order valence-corrected chi connectivity index (χ2v) is 9.15. The average molecular weight is 429 g/mol. The van der Waals surface area contributed by atoms with Crippen molar-refractivity contribution in [3.8, 4) is 23.0 Å². The fourth-order valence-electron chi connectivity index (χ4n) is 2.83. The molecule has 0 N–H and O–H groups in total. The average Bonchev–Trinajstić information content (AvgIpc) is 3.33. The monoisotopic (exact) mass is 428 g/mol. The van der Waals surface area contributed by atoms with Crippen LogP contribution >= 0.6 is 11.6 Å². The van der Waals surface area contributed by atoms with Crippen LogP contribution in [0.4, 0.5) is 0 Å². The van der Waals surface area contributed by atoms with Crippen molar-refractivity contribution in [3.05, 3.63) is 82.6 Å². The Balaban J connectivity index is 1.50. The molecular formula is C21H17ClN2O4S. The van der Waals surface area contributed by atoms with E-state index in [1.807, 2.05) is 31.2 Å². The first-order chi connectivity index (χ1) is 13.9. The van der Waals surface area contributed by atoms with Gasteiger partial charge in [-0.25, -0.2) is 8.42 Å². The van der Waals surface area contributed by atoms with E-state index in [0.29, 0.717) is 27.9 Å². The van der Waals surface area contributed by atoms with Gasteiger partial charge in [-0.15, -0.1) is 0 Å². The summed E-state index contributed by atoms with van der Waals surface area (Å²) in [4.78, 5) is 4.33. The number of furan rings is 1. The first-order valence-corrected chi connectivity index (χ1v) is 11.0. The highest BCUT2D eigenvalue weighted by molar-refractivity contribution is 7.89. The van der Waals surface area contributed by atoms with Crippen LogP contribution in [0.1, 0.15) is 16.9 Å². The molecule has 2 aromatic carbocycles. The van der Waals surface area contributed by atoms with E-state index in [4.69, 9.17) is 20.5 Å². The molecule has 0 spiro atoms. The van der Waals surface area contributed by atoms with Gasteiger partial charge in [0.05, 0.1) is 5.75 Å². The molecule has 29 heavy (non-hydrogen) atoms. The van der Waals surface area contributed by atoms with E-state index in [-0.39, 0.29) is 17.4 Å². The zero-order valence-corrected chi connectivity index (χ0v) is 17.1. The molecule has 4 rings (SSSR count). The Bertz CT molecular complexity index is 1240. The maximum absolute atomic E-state index is 12.5. The summed E-state index contributed by atoms with van der Waals surface area (Å²) in [6.07, 6.45) is 0. The maximum atomic E-state index is 12.5. The number of aromatic nitrogens is 2. The van der Waals surface area contributed by atoms with Crippen LogP contribution in [0.5, 0.6) is 0 Å². The van der Waals surface area contributed by atoms with Crippen LogP contribution < -0.4 is 0 Å². The number of rotatable bonds is 6. The van der Waals surface area contributed by atoms with Gasteiger partial charge in [-0.2, -0.15) is 4.98 Å². The zero-order chi connectivity index (χ0) is 20.4. The minimum atomic E-state index is -3.47. The van der Waals surface area contributed by atoms with Crippen molar-refractivity contribution < 1.29 is 17.4 Å². The predicted octanol–water partition coefficient (Wildman–Crippen LogP) is 5.07. The molecule has 0 aliphatic carbocycles. The van der Waals surface area contributed by atoms with Gasteiger partial charge in [-0.05, 0) is 30.7 Å². The first-order valence-electron chi connectivity index (χ1n) is 8.83. The quantitative estimate of drug-likeness (QED) is 0.426. The van der Waals surface area contributed by atoms with E-state index in [1.54, 1.807) is 36.4 Å². The Labute approximate surface area is 173 Å². The molecule has 0 aliphatic heterocycles. The lowest BCUT2D eigenvalue weighted by atomic mass is 10.1. The highest BCUT2D eigenvalue weighted by Gasteiger charge is 2.19. The van der Waals surface area contributed by atoms with Crippen molar-refractivity contribution in [1.29, 1.82) is 0 Å². The molecule has 148 valence electrons. The van der Waals surface area contributed by atoms with Crippen LogP contribution in [0, 0.1) is 6.92 Å². The molecule has 0 saturated heterocycles. The number of halogens is 1. The van der Waals surface area contributed by atoms with Crippen LogP contribution in [0.2, 0.25) is 5.02 Å². The minimum Gasteiger partial charge on any atom is -0.455 e. The van der Waals surface area contributed by atoms with E-state index < -0.39 is 9.84 Å². The normalized spacial score (nSPS) is 11.7. The number of benzene rings is 2. The lowest BCUT2D eigenvalue weighted by molar-refractivity contribution is 0.413. The summed E-state index contributed by atoms with van der Waals surface area (Å²) in [6.45, 7) is 2.00. The molecule has 2 aromatic heterocycles. The molecule has 0 aliphatic rings. The Hall–Kier alpha value is -2.90. The molecule has 0 bridgehead atoms. The first kappa shape index (κ1) is 19.4. The second kappa shape index (κ2) is 7.85. The van der Waals surface area contributed by atoms with Crippen molar-refractivity contribution in [2.75, 3.05) is 0 Å². The molecule has 0 amide bonds. The van der Waals surface area contributed by atoms with E-state index in [2.05, 4.69) is 10.1 Å². The van der Waals surface area contributed by atoms with Crippen molar-refractivity contribution in [1.82, 2.24) is 10.1 Å². The van der Waals surface area contributed by atoms with E-state index in [9.17, 15) is 8.42 Å². The zero-order valence-electron chi connectivity index (χ0n) is 15.5. The van der Waals surface area contributed by atoms with Gasteiger partial charge >= 0.3 is 0 Å². The summed E-state index contributed by atoms with van der Waals surface area (Å²) >= 11 is 6.06. The fourth-order valence-corrected chi connectivity index (χ4v) is 4.53. The summed E-state index contributed by atoms with van der Waals surface area (Å²) in [6, 6.07) is 17.8. The van der Waals surface area contributed by atoms with Crippen LogP contribution in [0.3, 0.4) is 0 Å². The van der Waals surface area contributed by atoms with E-state index in [0.717, 1.165) is 11.1 Å². The van der Waals surface area contributed by atoms with Gasteiger partial charge in [-0.3, -0.25) is 0 Å². The Morgan fingerprint density at radius 1 is 0.966 bits per heavy atom. The number of hydrogen-bond donors (Lipinski definition) is 0. The topological polar surface area (TPSA) is 86.2 Å². The fraction of sp³-hybridized carbons (Fsp3) is 0.143. The third-order valence-electron chi connectivity index (χ3n) is 4.30. The number of nitrogens with zero attached hydrogens (tertiary/aromatic N) is 2.